The highest BCUT2D eigenvalue weighted by atomic mass is 35.5. The van der Waals surface area contributed by atoms with E-state index < -0.39 is 0 Å². The molecule has 2 aromatic carbocycles. The van der Waals surface area contributed by atoms with E-state index in [0.29, 0.717) is 41.0 Å². The first-order valence-corrected chi connectivity index (χ1v) is 8.98. The van der Waals surface area contributed by atoms with Crippen molar-refractivity contribution in [2.24, 2.45) is 0 Å². The van der Waals surface area contributed by atoms with Gasteiger partial charge in [-0.25, -0.2) is 0 Å². The number of rotatable bonds is 9. The molecule has 0 fully saturated rings. The van der Waals surface area contributed by atoms with Crippen molar-refractivity contribution in [3.63, 3.8) is 0 Å². The van der Waals surface area contributed by atoms with Gasteiger partial charge in [-0.3, -0.25) is 4.79 Å². The minimum atomic E-state index is -0.202. The third-order valence-electron chi connectivity index (χ3n) is 4.04. The third kappa shape index (κ3) is 5.57. The summed E-state index contributed by atoms with van der Waals surface area (Å²) in [5.41, 5.74) is 1.77. The Morgan fingerprint density at radius 2 is 1.68 bits per heavy atom. The van der Waals surface area contributed by atoms with Crippen molar-refractivity contribution < 1.29 is 23.7 Å². The first-order chi connectivity index (χ1) is 13.5. The number of amides is 1. The molecule has 1 N–H and O–H groups in total. The van der Waals surface area contributed by atoms with E-state index in [9.17, 15) is 4.79 Å². The van der Waals surface area contributed by atoms with Crippen LogP contribution in [0.3, 0.4) is 0 Å². The number of methoxy groups -OCH3 is 4. The first kappa shape index (κ1) is 21.4. The molecule has 28 heavy (non-hydrogen) atoms. The number of carbonyl (C=O) groups is 1. The van der Waals surface area contributed by atoms with Crippen molar-refractivity contribution in [2.45, 2.75) is 6.42 Å². The molecule has 2 rings (SSSR count). The number of carbonyl (C=O) groups excluding carboxylic acids is 1. The van der Waals surface area contributed by atoms with Crippen molar-refractivity contribution >= 4 is 23.6 Å². The summed E-state index contributed by atoms with van der Waals surface area (Å²) in [6, 6.07) is 9.13. The van der Waals surface area contributed by atoms with E-state index in [1.54, 1.807) is 32.4 Å². The van der Waals surface area contributed by atoms with Crippen molar-refractivity contribution in [1.82, 2.24) is 5.32 Å². The molecule has 0 aliphatic heterocycles. The molecule has 0 bridgehead atoms. The van der Waals surface area contributed by atoms with Crippen LogP contribution in [0, 0.1) is 0 Å². The second-order valence-electron chi connectivity index (χ2n) is 5.80. The van der Waals surface area contributed by atoms with Crippen LogP contribution in [-0.2, 0) is 11.2 Å². The maximum Gasteiger partial charge on any atom is 0.244 e. The second-order valence-corrected chi connectivity index (χ2v) is 6.21. The molecule has 0 saturated carbocycles. The van der Waals surface area contributed by atoms with Crippen LogP contribution in [0.1, 0.15) is 11.1 Å². The number of ether oxygens (including phenoxy) is 4. The Kier molecular flexibility index (Phi) is 8.02. The fourth-order valence-electron chi connectivity index (χ4n) is 2.63. The lowest BCUT2D eigenvalue weighted by atomic mass is 10.1. The average molecular weight is 406 g/mol. The number of halogens is 1. The molecule has 6 nitrogen and oxygen atoms in total. The predicted octanol–water partition coefficient (Wildman–Crippen LogP) is 3.75. The van der Waals surface area contributed by atoms with Gasteiger partial charge in [-0.1, -0.05) is 17.7 Å². The van der Waals surface area contributed by atoms with Crippen LogP contribution in [0.15, 0.2) is 36.4 Å². The summed E-state index contributed by atoms with van der Waals surface area (Å²) < 4.78 is 20.9. The topological polar surface area (TPSA) is 66.0 Å². The highest BCUT2D eigenvalue weighted by Gasteiger charge is 2.10. The quantitative estimate of drug-likeness (QED) is 0.643. The molecule has 2 aromatic rings. The molecule has 0 radical (unpaired) electrons. The van der Waals surface area contributed by atoms with Crippen LogP contribution in [-0.4, -0.2) is 40.9 Å². The standard InChI is InChI=1S/C21H24ClNO5/c1-25-17-7-5-14(12-18(17)26-2)9-10-23-20(24)8-6-15-11-16(22)21(28-4)19(13-15)27-3/h5-8,11-13H,9-10H2,1-4H3,(H,23,24)/b8-6+. The molecule has 0 aromatic heterocycles. The lowest BCUT2D eigenvalue weighted by Crippen LogP contribution is -2.23. The van der Waals surface area contributed by atoms with Crippen molar-refractivity contribution in [3.8, 4) is 23.0 Å². The molecule has 0 heterocycles. The maximum atomic E-state index is 12.1. The lowest BCUT2D eigenvalue weighted by molar-refractivity contribution is -0.116. The van der Waals surface area contributed by atoms with Crippen LogP contribution in [0.4, 0.5) is 0 Å². The van der Waals surface area contributed by atoms with Crippen LogP contribution in [0.5, 0.6) is 23.0 Å². The monoisotopic (exact) mass is 405 g/mol. The van der Waals surface area contributed by atoms with Gasteiger partial charge in [-0.05, 0) is 47.9 Å². The van der Waals surface area contributed by atoms with E-state index in [4.69, 9.17) is 30.5 Å². The summed E-state index contributed by atoms with van der Waals surface area (Å²) in [6.07, 6.45) is 3.79. The largest absolute Gasteiger partial charge is 0.493 e. The van der Waals surface area contributed by atoms with Gasteiger partial charge in [0.05, 0.1) is 33.5 Å². The van der Waals surface area contributed by atoms with Gasteiger partial charge in [-0.15, -0.1) is 0 Å². The third-order valence-corrected chi connectivity index (χ3v) is 4.32. The molecule has 0 spiro atoms. The number of benzene rings is 2. The lowest BCUT2D eigenvalue weighted by Gasteiger charge is -2.10. The van der Waals surface area contributed by atoms with Crippen LogP contribution >= 0.6 is 11.6 Å². The maximum absolute atomic E-state index is 12.1. The van der Waals surface area contributed by atoms with Crippen LogP contribution in [0.2, 0.25) is 5.02 Å². The van der Waals surface area contributed by atoms with Crippen LogP contribution < -0.4 is 24.3 Å². The van der Waals surface area contributed by atoms with E-state index in [2.05, 4.69) is 5.32 Å². The molecule has 150 valence electrons. The van der Waals surface area contributed by atoms with E-state index in [-0.39, 0.29) is 5.91 Å². The highest BCUT2D eigenvalue weighted by molar-refractivity contribution is 6.32. The van der Waals surface area contributed by atoms with Gasteiger partial charge < -0.3 is 24.3 Å². The second kappa shape index (κ2) is 10.5. The number of hydrogen-bond donors (Lipinski definition) is 1. The van der Waals surface area contributed by atoms with Crippen molar-refractivity contribution in [1.29, 1.82) is 0 Å². The average Bonchev–Trinajstić information content (AvgIpc) is 2.71. The summed E-state index contributed by atoms with van der Waals surface area (Å²) in [5, 5.41) is 3.26. The minimum absolute atomic E-state index is 0.202. The van der Waals surface area contributed by atoms with Gasteiger partial charge in [0.25, 0.3) is 0 Å². The Morgan fingerprint density at radius 3 is 2.32 bits per heavy atom. The molecule has 0 aliphatic carbocycles. The summed E-state index contributed by atoms with van der Waals surface area (Å²) in [5.74, 6) is 2.10. The zero-order valence-electron chi connectivity index (χ0n) is 16.4. The number of nitrogens with one attached hydrogen (secondary N) is 1. The minimum Gasteiger partial charge on any atom is -0.493 e. The molecular weight excluding hydrogens is 382 g/mol. The van der Waals surface area contributed by atoms with E-state index in [1.807, 2.05) is 18.2 Å². The Labute approximate surface area is 170 Å². The number of hydrogen-bond acceptors (Lipinski definition) is 5. The summed E-state index contributed by atoms with van der Waals surface area (Å²) in [7, 11) is 6.23. The fraction of sp³-hybridized carbons (Fsp3) is 0.286. The van der Waals surface area contributed by atoms with Crippen LogP contribution in [0.25, 0.3) is 6.08 Å². The van der Waals surface area contributed by atoms with E-state index >= 15 is 0 Å². The molecule has 0 atom stereocenters. The molecule has 1 amide bonds. The SMILES string of the molecule is COc1ccc(CCNC(=O)/C=C/c2cc(Cl)c(OC)c(OC)c2)cc1OC. The van der Waals surface area contributed by atoms with Crippen molar-refractivity contribution in [3.05, 3.63) is 52.6 Å². The zero-order chi connectivity index (χ0) is 20.5. The van der Waals surface area contributed by atoms with Gasteiger partial charge in [0.2, 0.25) is 5.91 Å². The Balaban J connectivity index is 1.93. The zero-order valence-corrected chi connectivity index (χ0v) is 17.1. The van der Waals surface area contributed by atoms with Gasteiger partial charge in [0.15, 0.2) is 23.0 Å². The van der Waals surface area contributed by atoms with Gasteiger partial charge >= 0.3 is 0 Å². The highest BCUT2D eigenvalue weighted by Crippen LogP contribution is 2.36. The van der Waals surface area contributed by atoms with Gasteiger partial charge in [-0.2, -0.15) is 0 Å². The smallest absolute Gasteiger partial charge is 0.244 e. The van der Waals surface area contributed by atoms with E-state index in [0.717, 1.165) is 11.1 Å². The normalized spacial score (nSPS) is 10.6. The Bertz CT molecular complexity index is 851. The molecule has 7 heteroatoms. The van der Waals surface area contributed by atoms with Crippen molar-refractivity contribution in [2.75, 3.05) is 35.0 Å². The predicted molar refractivity (Wildman–Crippen MR) is 110 cm³/mol. The Morgan fingerprint density at radius 1 is 0.964 bits per heavy atom. The Hall–Kier alpha value is -2.86. The van der Waals surface area contributed by atoms with Gasteiger partial charge in [0, 0.05) is 12.6 Å². The van der Waals surface area contributed by atoms with Gasteiger partial charge in [0.1, 0.15) is 0 Å². The molecule has 0 saturated heterocycles. The molecular formula is C21H24ClNO5. The van der Waals surface area contributed by atoms with E-state index in [1.165, 1.54) is 20.3 Å². The summed E-state index contributed by atoms with van der Waals surface area (Å²) in [4.78, 5) is 12.1. The first-order valence-electron chi connectivity index (χ1n) is 8.60. The fourth-order valence-corrected chi connectivity index (χ4v) is 2.93. The molecule has 0 unspecified atom stereocenters. The summed E-state index contributed by atoms with van der Waals surface area (Å²) in [6.45, 7) is 0.491. The molecule has 0 aliphatic rings. The summed E-state index contributed by atoms with van der Waals surface area (Å²) >= 11 is 6.17.